The maximum absolute atomic E-state index is 11.6. The van der Waals surface area contributed by atoms with Crippen LogP contribution in [0.15, 0.2) is 17.1 Å². The molecule has 0 aromatic carbocycles. The predicted molar refractivity (Wildman–Crippen MR) is 57.5 cm³/mol. The highest BCUT2D eigenvalue weighted by molar-refractivity contribution is 6.30. The average Bonchev–Trinajstić information content (AvgIpc) is 2.09. The summed E-state index contributed by atoms with van der Waals surface area (Å²) in [5.41, 5.74) is -0.802. The predicted octanol–water partition coefficient (Wildman–Crippen LogP) is 1.86. The maximum Gasteiger partial charge on any atom is 0.341 e. The SMILES string of the molecule is CC(C)Cn1cc(Cl)cc(C(=O)O)c1=O. The monoisotopic (exact) mass is 229 g/mol. The van der Waals surface area contributed by atoms with Crippen molar-refractivity contribution in [1.82, 2.24) is 4.57 Å². The van der Waals surface area contributed by atoms with Gasteiger partial charge in [-0.05, 0) is 12.0 Å². The van der Waals surface area contributed by atoms with Crippen molar-refractivity contribution in [2.45, 2.75) is 20.4 Å². The molecule has 1 aromatic rings. The van der Waals surface area contributed by atoms with Crippen molar-refractivity contribution in [2.75, 3.05) is 0 Å². The summed E-state index contributed by atoms with van der Waals surface area (Å²) in [6.07, 6.45) is 1.45. The summed E-state index contributed by atoms with van der Waals surface area (Å²) in [7, 11) is 0. The van der Waals surface area contributed by atoms with E-state index in [2.05, 4.69) is 0 Å². The van der Waals surface area contributed by atoms with Gasteiger partial charge in [0.2, 0.25) is 0 Å². The van der Waals surface area contributed by atoms with E-state index in [1.807, 2.05) is 13.8 Å². The van der Waals surface area contributed by atoms with Crippen LogP contribution in [0.1, 0.15) is 24.2 Å². The molecule has 0 aliphatic heterocycles. The highest BCUT2D eigenvalue weighted by Gasteiger charge is 2.12. The third-order valence-corrected chi connectivity index (χ3v) is 2.05. The van der Waals surface area contributed by atoms with Crippen molar-refractivity contribution in [3.8, 4) is 0 Å². The second kappa shape index (κ2) is 4.49. The Balaban J connectivity index is 3.29. The van der Waals surface area contributed by atoms with Crippen LogP contribution in [-0.2, 0) is 6.54 Å². The van der Waals surface area contributed by atoms with E-state index >= 15 is 0 Å². The Labute approximate surface area is 92.1 Å². The van der Waals surface area contributed by atoms with Crippen LogP contribution >= 0.6 is 11.6 Å². The van der Waals surface area contributed by atoms with Crippen molar-refractivity contribution < 1.29 is 9.90 Å². The summed E-state index contributed by atoms with van der Waals surface area (Å²) in [6.45, 7) is 4.33. The molecule has 4 nitrogen and oxygen atoms in total. The van der Waals surface area contributed by atoms with E-state index in [-0.39, 0.29) is 16.5 Å². The second-order valence-corrected chi connectivity index (χ2v) is 4.16. The molecule has 1 rings (SSSR count). The van der Waals surface area contributed by atoms with Crippen molar-refractivity contribution in [3.63, 3.8) is 0 Å². The van der Waals surface area contributed by atoms with Crippen molar-refractivity contribution in [3.05, 3.63) is 33.2 Å². The molecule has 0 unspecified atom stereocenters. The van der Waals surface area contributed by atoms with Gasteiger partial charge in [-0.3, -0.25) is 4.79 Å². The zero-order valence-electron chi connectivity index (χ0n) is 8.53. The first kappa shape index (κ1) is 11.8. The third-order valence-electron chi connectivity index (χ3n) is 1.84. The number of nitrogens with zero attached hydrogens (tertiary/aromatic N) is 1. The molecule has 1 heterocycles. The molecule has 0 radical (unpaired) electrons. The van der Waals surface area contributed by atoms with E-state index in [4.69, 9.17) is 16.7 Å². The molecule has 0 fully saturated rings. The Kier molecular flexibility index (Phi) is 3.52. The van der Waals surface area contributed by atoms with Crippen LogP contribution in [0, 0.1) is 5.92 Å². The number of aromatic nitrogens is 1. The lowest BCUT2D eigenvalue weighted by Gasteiger charge is -2.09. The fourth-order valence-corrected chi connectivity index (χ4v) is 1.51. The van der Waals surface area contributed by atoms with Gasteiger partial charge >= 0.3 is 5.97 Å². The molecule has 0 amide bonds. The molecule has 5 heteroatoms. The third kappa shape index (κ3) is 2.83. The first-order valence-corrected chi connectivity index (χ1v) is 4.93. The molecular weight excluding hydrogens is 218 g/mol. The number of pyridine rings is 1. The van der Waals surface area contributed by atoms with Crippen LogP contribution in [0.4, 0.5) is 0 Å². The lowest BCUT2D eigenvalue weighted by molar-refractivity contribution is 0.0694. The van der Waals surface area contributed by atoms with E-state index in [0.29, 0.717) is 6.54 Å². The number of aromatic carboxylic acids is 1. The molecule has 82 valence electrons. The minimum Gasteiger partial charge on any atom is -0.477 e. The average molecular weight is 230 g/mol. The van der Waals surface area contributed by atoms with Crippen LogP contribution in [0.3, 0.4) is 0 Å². The summed E-state index contributed by atoms with van der Waals surface area (Å²) >= 11 is 5.73. The molecule has 1 N–H and O–H groups in total. The van der Waals surface area contributed by atoms with Gasteiger partial charge in [0.1, 0.15) is 5.56 Å². The lowest BCUT2D eigenvalue weighted by atomic mass is 10.2. The summed E-state index contributed by atoms with van der Waals surface area (Å²) in [4.78, 5) is 22.4. The second-order valence-electron chi connectivity index (χ2n) is 3.73. The first-order chi connectivity index (χ1) is 6.91. The summed E-state index contributed by atoms with van der Waals surface area (Å²) < 4.78 is 1.33. The topological polar surface area (TPSA) is 59.3 Å². The molecular formula is C10H12ClNO3. The Bertz CT molecular complexity index is 437. The van der Waals surface area contributed by atoms with Gasteiger partial charge in [0.15, 0.2) is 0 Å². The van der Waals surface area contributed by atoms with E-state index in [9.17, 15) is 9.59 Å². The fraction of sp³-hybridized carbons (Fsp3) is 0.400. The number of carbonyl (C=O) groups is 1. The van der Waals surface area contributed by atoms with E-state index in [1.165, 1.54) is 16.8 Å². The smallest absolute Gasteiger partial charge is 0.341 e. The number of rotatable bonds is 3. The number of hydrogen-bond acceptors (Lipinski definition) is 2. The molecule has 0 atom stereocenters. The zero-order valence-corrected chi connectivity index (χ0v) is 9.28. The normalized spacial score (nSPS) is 10.7. The van der Waals surface area contributed by atoms with Gasteiger partial charge in [0.05, 0.1) is 5.02 Å². The minimum atomic E-state index is -1.25. The quantitative estimate of drug-likeness (QED) is 0.861. The van der Waals surface area contributed by atoms with Crippen molar-refractivity contribution in [1.29, 1.82) is 0 Å². The van der Waals surface area contributed by atoms with Crippen LogP contribution in [0.2, 0.25) is 5.02 Å². The molecule has 0 saturated carbocycles. The molecule has 15 heavy (non-hydrogen) atoms. The Hall–Kier alpha value is -1.29. The Morgan fingerprint density at radius 2 is 2.20 bits per heavy atom. The van der Waals surface area contributed by atoms with Gasteiger partial charge < -0.3 is 9.67 Å². The Morgan fingerprint density at radius 3 is 2.67 bits per heavy atom. The van der Waals surface area contributed by atoms with E-state index in [0.717, 1.165) is 0 Å². The summed E-state index contributed by atoms with van der Waals surface area (Å²) in [6, 6.07) is 1.17. The van der Waals surface area contributed by atoms with Gasteiger partial charge in [-0.25, -0.2) is 4.79 Å². The molecule has 1 aromatic heterocycles. The number of hydrogen-bond donors (Lipinski definition) is 1. The maximum atomic E-state index is 11.6. The molecule has 0 spiro atoms. The lowest BCUT2D eigenvalue weighted by Crippen LogP contribution is -2.27. The number of carboxylic acid groups (broad SMARTS) is 1. The van der Waals surface area contributed by atoms with Gasteiger partial charge in [-0.2, -0.15) is 0 Å². The fourth-order valence-electron chi connectivity index (χ4n) is 1.28. The van der Waals surface area contributed by atoms with Crippen molar-refractivity contribution in [2.24, 2.45) is 5.92 Å². The van der Waals surface area contributed by atoms with Gasteiger partial charge in [-0.15, -0.1) is 0 Å². The number of carboxylic acids is 1. The highest BCUT2D eigenvalue weighted by Crippen LogP contribution is 2.09. The van der Waals surface area contributed by atoms with Gasteiger partial charge in [0, 0.05) is 12.7 Å². The minimum absolute atomic E-state index is 0.253. The van der Waals surface area contributed by atoms with Crippen LogP contribution in [0.25, 0.3) is 0 Å². The molecule has 0 aliphatic rings. The van der Waals surface area contributed by atoms with Gasteiger partial charge in [0.25, 0.3) is 5.56 Å². The standard InChI is InChI=1S/C10H12ClNO3/c1-6(2)4-12-5-7(11)3-8(9(12)13)10(14)15/h3,5-6H,4H2,1-2H3,(H,14,15). The molecule has 0 bridgehead atoms. The first-order valence-electron chi connectivity index (χ1n) is 4.55. The van der Waals surface area contributed by atoms with Crippen molar-refractivity contribution >= 4 is 17.6 Å². The zero-order chi connectivity index (χ0) is 11.6. The highest BCUT2D eigenvalue weighted by atomic mass is 35.5. The number of halogens is 1. The van der Waals surface area contributed by atoms with Crippen LogP contribution < -0.4 is 5.56 Å². The largest absolute Gasteiger partial charge is 0.477 e. The summed E-state index contributed by atoms with van der Waals surface area (Å²) in [5, 5.41) is 9.03. The molecule has 0 saturated heterocycles. The molecule has 0 aliphatic carbocycles. The Morgan fingerprint density at radius 1 is 1.60 bits per heavy atom. The van der Waals surface area contributed by atoms with E-state index in [1.54, 1.807) is 0 Å². The van der Waals surface area contributed by atoms with Crippen LogP contribution in [-0.4, -0.2) is 15.6 Å². The summed E-state index contributed by atoms with van der Waals surface area (Å²) in [5.74, 6) is -0.997. The van der Waals surface area contributed by atoms with Gasteiger partial charge in [-0.1, -0.05) is 25.4 Å². The van der Waals surface area contributed by atoms with Crippen LogP contribution in [0.5, 0.6) is 0 Å². The van der Waals surface area contributed by atoms with E-state index < -0.39 is 11.5 Å².